The van der Waals surface area contributed by atoms with Crippen LogP contribution in [-0.4, -0.2) is 25.7 Å². The summed E-state index contributed by atoms with van der Waals surface area (Å²) < 4.78 is 16.3. The molecule has 0 fully saturated rings. The fourth-order valence-corrected chi connectivity index (χ4v) is 2.51. The van der Waals surface area contributed by atoms with Gasteiger partial charge in [-0.05, 0) is 64.8 Å². The largest absolute Gasteiger partial charge is 0.492 e. The molecule has 6 heteroatoms. The summed E-state index contributed by atoms with van der Waals surface area (Å²) in [6.45, 7) is 2.72. The number of rotatable bonds is 7. The predicted molar refractivity (Wildman–Crippen MR) is 97.3 cm³/mol. The smallest absolute Gasteiger partial charge is 0.343 e. The lowest BCUT2D eigenvalue weighted by Gasteiger charge is -2.09. The van der Waals surface area contributed by atoms with Gasteiger partial charge < -0.3 is 14.2 Å². The summed E-state index contributed by atoms with van der Waals surface area (Å²) in [5.41, 5.74) is 0.783. The van der Waals surface area contributed by atoms with Crippen LogP contribution in [0.5, 0.6) is 11.5 Å². The first kappa shape index (κ1) is 19.0. The molecule has 0 bridgehead atoms. The number of esters is 2. The predicted octanol–water partition coefficient (Wildman–Crippen LogP) is 4.63. The fraction of sp³-hybridized carbons (Fsp3) is 0.263. The van der Waals surface area contributed by atoms with Crippen molar-refractivity contribution in [2.75, 3.05) is 13.7 Å². The lowest BCUT2D eigenvalue weighted by Crippen LogP contribution is -2.09. The van der Waals surface area contributed by atoms with E-state index in [1.165, 1.54) is 19.2 Å². The molecule has 0 saturated heterocycles. The van der Waals surface area contributed by atoms with Gasteiger partial charge >= 0.3 is 11.9 Å². The maximum atomic E-state index is 12.2. The summed E-state index contributed by atoms with van der Waals surface area (Å²) in [6, 6.07) is 11.2. The average Bonchev–Trinajstić information content (AvgIpc) is 2.63. The zero-order chi connectivity index (χ0) is 18.2. The van der Waals surface area contributed by atoms with Gasteiger partial charge in [0.05, 0.1) is 29.3 Å². The first-order chi connectivity index (χ1) is 12.0. The van der Waals surface area contributed by atoms with Gasteiger partial charge in [-0.25, -0.2) is 9.59 Å². The van der Waals surface area contributed by atoms with Crippen molar-refractivity contribution < 1.29 is 23.8 Å². The molecule has 0 spiro atoms. The number of methoxy groups -OCH3 is 1. The third-order valence-electron chi connectivity index (χ3n) is 3.41. The Labute approximate surface area is 155 Å². The maximum absolute atomic E-state index is 12.2. The quantitative estimate of drug-likeness (QED) is 0.380. The summed E-state index contributed by atoms with van der Waals surface area (Å²) in [4.78, 5) is 23.6. The van der Waals surface area contributed by atoms with E-state index in [1.807, 2.05) is 0 Å². The van der Waals surface area contributed by atoms with Gasteiger partial charge in [0, 0.05) is 0 Å². The van der Waals surface area contributed by atoms with Crippen molar-refractivity contribution in [1.82, 2.24) is 0 Å². The van der Waals surface area contributed by atoms with E-state index in [-0.39, 0.29) is 0 Å². The monoisotopic (exact) mass is 406 g/mol. The molecular weight excluding hydrogens is 388 g/mol. The van der Waals surface area contributed by atoms with Crippen molar-refractivity contribution in [1.29, 1.82) is 0 Å². The number of hydrogen-bond donors (Lipinski definition) is 0. The van der Waals surface area contributed by atoms with E-state index in [0.717, 1.165) is 12.8 Å². The summed E-state index contributed by atoms with van der Waals surface area (Å²) in [5, 5.41) is 0. The molecule has 0 radical (unpaired) electrons. The molecule has 5 nitrogen and oxygen atoms in total. The van der Waals surface area contributed by atoms with Crippen molar-refractivity contribution in [3.05, 3.63) is 58.1 Å². The van der Waals surface area contributed by atoms with E-state index in [4.69, 9.17) is 9.47 Å². The van der Waals surface area contributed by atoms with Gasteiger partial charge in [-0.1, -0.05) is 13.3 Å². The number of carbonyl (C=O) groups excluding carboxylic acids is 2. The molecule has 0 aromatic heterocycles. The highest BCUT2D eigenvalue weighted by atomic mass is 79.9. The highest BCUT2D eigenvalue weighted by Gasteiger charge is 2.12. The Kier molecular flexibility index (Phi) is 7.01. The topological polar surface area (TPSA) is 61.8 Å². The van der Waals surface area contributed by atoms with Crippen LogP contribution in [-0.2, 0) is 4.74 Å². The second-order valence-corrected chi connectivity index (χ2v) is 6.11. The number of carbonyl (C=O) groups is 2. The molecule has 2 aromatic rings. The summed E-state index contributed by atoms with van der Waals surface area (Å²) >= 11 is 3.40. The fourth-order valence-electron chi connectivity index (χ4n) is 2.01. The minimum Gasteiger partial charge on any atom is -0.492 e. The lowest BCUT2D eigenvalue weighted by molar-refractivity contribution is 0.0600. The van der Waals surface area contributed by atoms with Crippen LogP contribution in [0, 0.1) is 0 Å². The molecule has 132 valence electrons. The zero-order valence-electron chi connectivity index (χ0n) is 14.1. The summed E-state index contributed by atoms with van der Waals surface area (Å²) in [6.07, 6.45) is 2.02. The van der Waals surface area contributed by atoms with Crippen LogP contribution in [0.3, 0.4) is 0 Å². The highest BCUT2D eigenvalue weighted by Crippen LogP contribution is 2.27. The van der Waals surface area contributed by atoms with Crippen molar-refractivity contribution in [3.8, 4) is 11.5 Å². The van der Waals surface area contributed by atoms with Crippen LogP contribution in [0.2, 0.25) is 0 Å². The maximum Gasteiger partial charge on any atom is 0.343 e. The van der Waals surface area contributed by atoms with Gasteiger partial charge in [0.25, 0.3) is 0 Å². The Morgan fingerprint density at radius 1 is 1.00 bits per heavy atom. The molecular formula is C19H19BrO5. The summed E-state index contributed by atoms with van der Waals surface area (Å²) in [7, 11) is 1.31. The third-order valence-corrected chi connectivity index (χ3v) is 4.03. The van der Waals surface area contributed by atoms with E-state index in [1.54, 1.807) is 30.3 Å². The van der Waals surface area contributed by atoms with Gasteiger partial charge in [0.1, 0.15) is 11.5 Å². The van der Waals surface area contributed by atoms with E-state index in [2.05, 4.69) is 27.6 Å². The molecule has 0 saturated carbocycles. The minimum atomic E-state index is -0.494. The first-order valence-corrected chi connectivity index (χ1v) is 8.67. The van der Waals surface area contributed by atoms with E-state index in [9.17, 15) is 9.59 Å². The molecule has 0 atom stereocenters. The van der Waals surface area contributed by atoms with Crippen molar-refractivity contribution in [2.45, 2.75) is 19.8 Å². The molecule has 0 unspecified atom stereocenters. The lowest BCUT2D eigenvalue weighted by atomic mass is 10.2. The van der Waals surface area contributed by atoms with E-state index >= 15 is 0 Å². The number of hydrogen-bond acceptors (Lipinski definition) is 5. The van der Waals surface area contributed by atoms with Crippen LogP contribution >= 0.6 is 15.9 Å². The number of halogens is 1. The molecule has 0 N–H and O–H groups in total. The second-order valence-electron chi connectivity index (χ2n) is 5.25. The Bertz CT molecular complexity index is 740. The van der Waals surface area contributed by atoms with Crippen molar-refractivity contribution >= 4 is 27.9 Å². The van der Waals surface area contributed by atoms with Crippen LogP contribution in [0.25, 0.3) is 0 Å². The van der Waals surface area contributed by atoms with Gasteiger partial charge in [-0.15, -0.1) is 0 Å². The van der Waals surface area contributed by atoms with Gasteiger partial charge in [0.2, 0.25) is 0 Å². The van der Waals surface area contributed by atoms with Crippen molar-refractivity contribution in [3.63, 3.8) is 0 Å². The average molecular weight is 407 g/mol. The van der Waals surface area contributed by atoms with Crippen LogP contribution in [0.4, 0.5) is 0 Å². The standard InChI is InChI=1S/C19H19BrO5/c1-3-4-11-24-17-10-7-14(12-16(17)20)19(22)25-15-8-5-13(6-9-15)18(21)23-2/h5-10,12H,3-4,11H2,1-2H3. The van der Waals surface area contributed by atoms with E-state index in [0.29, 0.717) is 33.7 Å². The molecule has 0 amide bonds. The van der Waals surface area contributed by atoms with Gasteiger partial charge in [-0.2, -0.15) is 0 Å². The minimum absolute atomic E-state index is 0.344. The molecule has 0 heterocycles. The highest BCUT2D eigenvalue weighted by molar-refractivity contribution is 9.10. The molecule has 0 aliphatic rings. The second kappa shape index (κ2) is 9.22. The third kappa shape index (κ3) is 5.32. The number of benzene rings is 2. The number of ether oxygens (including phenoxy) is 3. The van der Waals surface area contributed by atoms with Crippen molar-refractivity contribution in [2.24, 2.45) is 0 Å². The molecule has 2 aromatic carbocycles. The van der Waals surface area contributed by atoms with Gasteiger partial charge in [-0.3, -0.25) is 0 Å². The SMILES string of the molecule is CCCCOc1ccc(C(=O)Oc2ccc(C(=O)OC)cc2)cc1Br. The van der Waals surface area contributed by atoms with Crippen LogP contribution < -0.4 is 9.47 Å². The summed E-state index contributed by atoms with van der Waals surface area (Å²) in [5.74, 6) is 0.0940. The molecule has 2 rings (SSSR count). The van der Waals surface area contributed by atoms with Crippen LogP contribution in [0.1, 0.15) is 40.5 Å². The Balaban J connectivity index is 2.03. The van der Waals surface area contributed by atoms with Gasteiger partial charge in [0.15, 0.2) is 0 Å². The zero-order valence-corrected chi connectivity index (χ0v) is 15.7. The number of unbranched alkanes of at least 4 members (excludes halogenated alkanes) is 1. The normalized spacial score (nSPS) is 10.2. The Morgan fingerprint density at radius 2 is 1.68 bits per heavy atom. The Morgan fingerprint density at radius 3 is 2.28 bits per heavy atom. The molecule has 25 heavy (non-hydrogen) atoms. The molecule has 0 aliphatic carbocycles. The Hall–Kier alpha value is -2.34. The van der Waals surface area contributed by atoms with E-state index < -0.39 is 11.9 Å². The first-order valence-electron chi connectivity index (χ1n) is 7.88. The molecule has 0 aliphatic heterocycles. The van der Waals surface area contributed by atoms with Crippen LogP contribution in [0.15, 0.2) is 46.9 Å².